The third-order valence-electron chi connectivity index (χ3n) is 6.22. The van der Waals surface area contributed by atoms with Crippen LogP contribution in [-0.2, 0) is 0 Å². The minimum absolute atomic E-state index is 0.0304. The molecule has 0 aliphatic heterocycles. The predicted molar refractivity (Wildman–Crippen MR) is 108 cm³/mol. The number of hydrogen-bond acceptors (Lipinski definition) is 0. The molecule has 2 rings (SSSR count). The summed E-state index contributed by atoms with van der Waals surface area (Å²) in [6.07, 6.45) is 24.4. The van der Waals surface area contributed by atoms with Gasteiger partial charge in [0.15, 0.2) is 0 Å². The van der Waals surface area contributed by atoms with Crippen molar-refractivity contribution in [3.05, 3.63) is 35.7 Å². The van der Waals surface area contributed by atoms with Crippen LogP contribution >= 0.6 is 0 Å². The first-order chi connectivity index (χ1) is 12.2. The van der Waals surface area contributed by atoms with Crippen LogP contribution in [-0.4, -0.2) is 0 Å². The standard InChI is InChI=1S/C24H39F/c1-3-9-23(13-8-7-12-21-10-5-4-6-11-21)24(25)19-18-22-16-14-20(2)15-17-22/h7-9,19-22H,3-6,10-18H2,1-2H3/b8-7-,23-9-,24-19+. The SMILES string of the molecule is CC/C=C(C/C=C\CC1CCCCC1)\C(F)=C/CC1CCC(C)CC1. The largest absolute Gasteiger partial charge is 0.207 e. The van der Waals surface area contributed by atoms with Gasteiger partial charge in [0, 0.05) is 0 Å². The van der Waals surface area contributed by atoms with Crippen molar-refractivity contribution in [1.82, 2.24) is 0 Å². The summed E-state index contributed by atoms with van der Waals surface area (Å²) in [5, 5.41) is 0. The normalized spacial score (nSPS) is 27.2. The summed E-state index contributed by atoms with van der Waals surface area (Å²) in [7, 11) is 0. The zero-order chi connectivity index (χ0) is 17.9. The second-order valence-corrected chi connectivity index (χ2v) is 8.47. The minimum Gasteiger partial charge on any atom is -0.207 e. The Morgan fingerprint density at radius 2 is 1.52 bits per heavy atom. The van der Waals surface area contributed by atoms with Gasteiger partial charge in [-0.15, -0.1) is 0 Å². The monoisotopic (exact) mass is 346 g/mol. The highest BCUT2D eigenvalue weighted by molar-refractivity contribution is 5.27. The van der Waals surface area contributed by atoms with E-state index >= 15 is 0 Å². The molecule has 0 radical (unpaired) electrons. The summed E-state index contributed by atoms with van der Waals surface area (Å²) in [4.78, 5) is 0. The van der Waals surface area contributed by atoms with Crippen LogP contribution in [0.1, 0.15) is 97.3 Å². The van der Waals surface area contributed by atoms with Crippen molar-refractivity contribution in [3.63, 3.8) is 0 Å². The molecule has 2 fully saturated rings. The Morgan fingerprint density at radius 3 is 2.20 bits per heavy atom. The maximum absolute atomic E-state index is 14.6. The zero-order valence-electron chi connectivity index (χ0n) is 16.6. The van der Waals surface area contributed by atoms with Gasteiger partial charge >= 0.3 is 0 Å². The first-order valence-corrected chi connectivity index (χ1v) is 10.9. The summed E-state index contributed by atoms with van der Waals surface area (Å²) < 4.78 is 14.6. The van der Waals surface area contributed by atoms with E-state index in [9.17, 15) is 4.39 Å². The molecule has 0 nitrogen and oxygen atoms in total. The molecule has 142 valence electrons. The van der Waals surface area contributed by atoms with E-state index < -0.39 is 0 Å². The van der Waals surface area contributed by atoms with Gasteiger partial charge in [-0.2, -0.15) is 0 Å². The zero-order valence-corrected chi connectivity index (χ0v) is 16.6. The maximum Gasteiger partial charge on any atom is 0.122 e. The maximum atomic E-state index is 14.6. The Balaban J connectivity index is 1.77. The lowest BCUT2D eigenvalue weighted by Gasteiger charge is -2.25. The molecule has 2 saturated carbocycles. The summed E-state index contributed by atoms with van der Waals surface area (Å²) >= 11 is 0. The van der Waals surface area contributed by atoms with Crippen LogP contribution in [0.2, 0.25) is 0 Å². The van der Waals surface area contributed by atoms with Crippen molar-refractivity contribution >= 4 is 0 Å². The highest BCUT2D eigenvalue weighted by atomic mass is 19.1. The van der Waals surface area contributed by atoms with Gasteiger partial charge in [-0.05, 0) is 67.9 Å². The molecule has 2 aliphatic carbocycles. The fourth-order valence-corrected chi connectivity index (χ4v) is 4.41. The summed E-state index contributed by atoms with van der Waals surface area (Å²) in [5.41, 5.74) is 0.895. The average molecular weight is 347 g/mol. The Labute approximate surface area is 155 Å². The average Bonchev–Trinajstić information content (AvgIpc) is 2.64. The molecule has 25 heavy (non-hydrogen) atoms. The highest BCUT2D eigenvalue weighted by Crippen LogP contribution is 2.32. The molecule has 0 aromatic heterocycles. The molecule has 0 aromatic rings. The van der Waals surface area contributed by atoms with Crippen LogP contribution < -0.4 is 0 Å². The van der Waals surface area contributed by atoms with Gasteiger partial charge in [0.25, 0.3) is 0 Å². The van der Waals surface area contributed by atoms with Crippen molar-refractivity contribution in [1.29, 1.82) is 0 Å². The number of allylic oxidation sites excluding steroid dienone is 6. The Hall–Kier alpha value is -0.850. The molecule has 0 atom stereocenters. The van der Waals surface area contributed by atoms with Crippen LogP contribution in [0.15, 0.2) is 35.7 Å². The van der Waals surface area contributed by atoms with E-state index in [4.69, 9.17) is 0 Å². The van der Waals surface area contributed by atoms with E-state index in [0.717, 1.165) is 36.7 Å². The number of hydrogen-bond donors (Lipinski definition) is 0. The Bertz CT molecular complexity index is 443. The molecule has 0 amide bonds. The molecule has 0 saturated heterocycles. The van der Waals surface area contributed by atoms with Gasteiger partial charge in [-0.3, -0.25) is 0 Å². The lowest BCUT2D eigenvalue weighted by Crippen LogP contribution is -2.11. The van der Waals surface area contributed by atoms with Crippen molar-refractivity contribution in [3.8, 4) is 0 Å². The van der Waals surface area contributed by atoms with Crippen molar-refractivity contribution in [2.75, 3.05) is 0 Å². The molecule has 0 aromatic carbocycles. The highest BCUT2D eigenvalue weighted by Gasteiger charge is 2.17. The quantitative estimate of drug-likeness (QED) is 0.306. The van der Waals surface area contributed by atoms with Crippen LogP contribution in [0.4, 0.5) is 4.39 Å². The summed E-state index contributed by atoms with van der Waals surface area (Å²) in [6, 6.07) is 0. The predicted octanol–water partition coefficient (Wildman–Crippen LogP) is 8.31. The fourth-order valence-electron chi connectivity index (χ4n) is 4.41. The Kier molecular flexibility index (Phi) is 9.58. The number of halogens is 1. The van der Waals surface area contributed by atoms with Gasteiger partial charge in [0.1, 0.15) is 5.83 Å². The second-order valence-electron chi connectivity index (χ2n) is 8.47. The van der Waals surface area contributed by atoms with Gasteiger partial charge in [-0.25, -0.2) is 4.39 Å². The molecule has 0 spiro atoms. The van der Waals surface area contributed by atoms with E-state index in [1.165, 1.54) is 64.2 Å². The van der Waals surface area contributed by atoms with E-state index in [-0.39, 0.29) is 5.83 Å². The third kappa shape index (κ3) is 7.92. The fraction of sp³-hybridized carbons (Fsp3) is 0.750. The molecule has 2 aliphatic rings. The van der Waals surface area contributed by atoms with E-state index in [1.807, 2.05) is 6.08 Å². The van der Waals surface area contributed by atoms with Crippen LogP contribution in [0.5, 0.6) is 0 Å². The molecule has 1 heteroatoms. The molecular formula is C24H39F. The second kappa shape index (κ2) is 11.7. The van der Waals surface area contributed by atoms with Gasteiger partial charge < -0.3 is 0 Å². The molecule has 0 heterocycles. The Morgan fingerprint density at radius 1 is 0.840 bits per heavy atom. The smallest absolute Gasteiger partial charge is 0.122 e. The minimum atomic E-state index is 0.0304. The van der Waals surface area contributed by atoms with E-state index in [2.05, 4.69) is 32.1 Å². The van der Waals surface area contributed by atoms with Gasteiger partial charge in [0.05, 0.1) is 0 Å². The topological polar surface area (TPSA) is 0 Å². The van der Waals surface area contributed by atoms with Crippen LogP contribution in [0.25, 0.3) is 0 Å². The lowest BCUT2D eigenvalue weighted by atomic mass is 9.81. The van der Waals surface area contributed by atoms with Crippen LogP contribution in [0.3, 0.4) is 0 Å². The third-order valence-corrected chi connectivity index (χ3v) is 6.22. The van der Waals surface area contributed by atoms with Crippen molar-refractivity contribution in [2.45, 2.75) is 97.3 Å². The number of rotatable bonds is 8. The molecule has 0 unspecified atom stereocenters. The van der Waals surface area contributed by atoms with Gasteiger partial charge in [0.2, 0.25) is 0 Å². The lowest BCUT2D eigenvalue weighted by molar-refractivity contribution is 0.291. The molecule has 0 N–H and O–H groups in total. The molecule has 0 bridgehead atoms. The van der Waals surface area contributed by atoms with Crippen LogP contribution in [0, 0.1) is 17.8 Å². The summed E-state index contributed by atoms with van der Waals surface area (Å²) in [5.74, 6) is 2.47. The molecular weight excluding hydrogens is 307 g/mol. The van der Waals surface area contributed by atoms with Gasteiger partial charge in [-0.1, -0.05) is 77.0 Å². The summed E-state index contributed by atoms with van der Waals surface area (Å²) in [6.45, 7) is 4.44. The first kappa shape index (κ1) is 20.5. The van der Waals surface area contributed by atoms with E-state index in [0.29, 0.717) is 5.92 Å². The first-order valence-electron chi connectivity index (χ1n) is 10.9. The van der Waals surface area contributed by atoms with Crippen molar-refractivity contribution < 1.29 is 4.39 Å². The van der Waals surface area contributed by atoms with E-state index in [1.54, 1.807) is 0 Å². The van der Waals surface area contributed by atoms with Crippen molar-refractivity contribution in [2.24, 2.45) is 17.8 Å².